The zero-order chi connectivity index (χ0) is 7.14. The normalized spacial score (nSPS) is 44.2. The zero-order valence-electron chi connectivity index (χ0n) is 5.71. The van der Waals surface area contributed by atoms with Crippen LogP contribution in [-0.4, -0.2) is 23.7 Å². The van der Waals surface area contributed by atoms with E-state index in [1.807, 2.05) is 0 Å². The minimum absolute atomic E-state index is 0.0984. The van der Waals surface area contributed by atoms with Crippen molar-refractivity contribution in [3.63, 3.8) is 0 Å². The van der Waals surface area contributed by atoms with Gasteiger partial charge in [0.15, 0.2) is 0 Å². The van der Waals surface area contributed by atoms with Crippen molar-refractivity contribution in [3.8, 4) is 0 Å². The second-order valence-electron chi connectivity index (χ2n) is 3.30. The first-order chi connectivity index (χ1) is 4.77. The van der Waals surface area contributed by atoms with Crippen LogP contribution in [-0.2, 0) is 4.79 Å². The SMILES string of the molecule is O=C(O)C1CC2CNC1C2. The third-order valence-corrected chi connectivity index (χ3v) is 2.65. The maximum atomic E-state index is 10.6. The summed E-state index contributed by atoms with van der Waals surface area (Å²) in [4.78, 5) is 10.6. The van der Waals surface area contributed by atoms with E-state index in [-0.39, 0.29) is 12.0 Å². The van der Waals surface area contributed by atoms with Gasteiger partial charge in [0.05, 0.1) is 5.92 Å². The van der Waals surface area contributed by atoms with Crippen LogP contribution in [0.4, 0.5) is 0 Å². The lowest BCUT2D eigenvalue weighted by atomic mass is 10.0. The summed E-state index contributed by atoms with van der Waals surface area (Å²) < 4.78 is 0. The number of fused-ring (bicyclic) bond motifs is 2. The zero-order valence-corrected chi connectivity index (χ0v) is 5.71. The Balaban J connectivity index is 2.08. The summed E-state index contributed by atoms with van der Waals surface area (Å²) in [7, 11) is 0. The van der Waals surface area contributed by atoms with Gasteiger partial charge in [-0.15, -0.1) is 0 Å². The van der Waals surface area contributed by atoms with Crippen LogP contribution in [0.3, 0.4) is 0 Å². The van der Waals surface area contributed by atoms with E-state index in [4.69, 9.17) is 5.11 Å². The predicted molar refractivity (Wildman–Crippen MR) is 35.6 cm³/mol. The van der Waals surface area contributed by atoms with Crippen LogP contribution >= 0.6 is 0 Å². The number of nitrogens with one attached hydrogen (secondary N) is 1. The Morgan fingerprint density at radius 1 is 1.50 bits per heavy atom. The van der Waals surface area contributed by atoms with Crippen molar-refractivity contribution in [1.82, 2.24) is 5.32 Å². The van der Waals surface area contributed by atoms with Gasteiger partial charge in [0.25, 0.3) is 0 Å². The summed E-state index contributed by atoms with van der Waals surface area (Å²) in [6.07, 6.45) is 1.98. The van der Waals surface area contributed by atoms with E-state index in [0.717, 1.165) is 19.4 Å². The van der Waals surface area contributed by atoms with E-state index in [0.29, 0.717) is 5.92 Å². The van der Waals surface area contributed by atoms with E-state index in [9.17, 15) is 4.79 Å². The van der Waals surface area contributed by atoms with Crippen molar-refractivity contribution >= 4 is 5.97 Å². The Morgan fingerprint density at radius 3 is 2.60 bits per heavy atom. The molecule has 0 aromatic heterocycles. The Bertz CT molecular complexity index is 169. The minimum atomic E-state index is -0.625. The average molecular weight is 141 g/mol. The Hall–Kier alpha value is -0.570. The van der Waals surface area contributed by atoms with Crippen LogP contribution in [0.2, 0.25) is 0 Å². The Kier molecular flexibility index (Phi) is 1.20. The third-order valence-electron chi connectivity index (χ3n) is 2.65. The summed E-state index contributed by atoms with van der Waals surface area (Å²) >= 11 is 0. The number of rotatable bonds is 1. The molecule has 1 saturated carbocycles. The van der Waals surface area contributed by atoms with Crippen LogP contribution in [0.1, 0.15) is 12.8 Å². The first-order valence-corrected chi connectivity index (χ1v) is 3.73. The Labute approximate surface area is 59.4 Å². The van der Waals surface area contributed by atoms with E-state index in [2.05, 4.69) is 5.32 Å². The van der Waals surface area contributed by atoms with Crippen LogP contribution < -0.4 is 5.32 Å². The van der Waals surface area contributed by atoms with Gasteiger partial charge in [0, 0.05) is 6.04 Å². The fourth-order valence-electron chi connectivity index (χ4n) is 2.13. The number of aliphatic carboxylic acids is 1. The third kappa shape index (κ3) is 0.736. The van der Waals surface area contributed by atoms with Crippen molar-refractivity contribution in [3.05, 3.63) is 0 Å². The summed E-state index contributed by atoms with van der Waals surface area (Å²) in [5, 5.41) is 11.9. The van der Waals surface area contributed by atoms with Crippen LogP contribution in [0, 0.1) is 11.8 Å². The second-order valence-corrected chi connectivity index (χ2v) is 3.30. The molecule has 2 N–H and O–H groups in total. The number of carbonyl (C=O) groups is 1. The molecular formula is C7H11NO2. The molecule has 0 spiro atoms. The predicted octanol–water partition coefficient (Wildman–Crippen LogP) is 0.0690. The molecule has 0 amide bonds. The lowest BCUT2D eigenvalue weighted by Crippen LogP contribution is -2.36. The first kappa shape index (κ1) is 6.16. The highest BCUT2D eigenvalue weighted by molar-refractivity contribution is 5.71. The van der Waals surface area contributed by atoms with Crippen molar-refractivity contribution in [2.24, 2.45) is 11.8 Å². The summed E-state index contributed by atoms with van der Waals surface area (Å²) in [6, 6.07) is 0.280. The molecule has 2 rings (SSSR count). The molecule has 56 valence electrons. The van der Waals surface area contributed by atoms with Gasteiger partial charge >= 0.3 is 5.97 Å². The summed E-state index contributed by atoms with van der Waals surface area (Å²) in [5.41, 5.74) is 0. The number of carboxylic acids is 1. The molecule has 2 bridgehead atoms. The van der Waals surface area contributed by atoms with Gasteiger partial charge in [-0.1, -0.05) is 0 Å². The van der Waals surface area contributed by atoms with Crippen molar-refractivity contribution in [1.29, 1.82) is 0 Å². The van der Waals surface area contributed by atoms with Crippen LogP contribution in [0.25, 0.3) is 0 Å². The molecule has 1 aliphatic carbocycles. The molecule has 3 unspecified atom stereocenters. The molecule has 2 aliphatic rings. The van der Waals surface area contributed by atoms with Crippen LogP contribution in [0.15, 0.2) is 0 Å². The van der Waals surface area contributed by atoms with Crippen molar-refractivity contribution < 1.29 is 9.90 Å². The minimum Gasteiger partial charge on any atom is -0.481 e. The quantitative estimate of drug-likeness (QED) is 0.543. The van der Waals surface area contributed by atoms with Gasteiger partial charge in [-0.2, -0.15) is 0 Å². The first-order valence-electron chi connectivity index (χ1n) is 3.73. The molecular weight excluding hydrogens is 130 g/mol. The monoisotopic (exact) mass is 141 g/mol. The highest BCUT2D eigenvalue weighted by Gasteiger charge is 2.42. The number of carboxylic acid groups (broad SMARTS) is 1. The van der Waals surface area contributed by atoms with Gasteiger partial charge < -0.3 is 10.4 Å². The molecule has 3 nitrogen and oxygen atoms in total. The molecule has 1 aliphatic heterocycles. The largest absolute Gasteiger partial charge is 0.481 e. The fraction of sp³-hybridized carbons (Fsp3) is 0.857. The van der Waals surface area contributed by atoms with Gasteiger partial charge in [0.1, 0.15) is 0 Å². The molecule has 1 saturated heterocycles. The molecule has 10 heavy (non-hydrogen) atoms. The summed E-state index contributed by atoms with van der Waals surface area (Å²) in [6.45, 7) is 1.04. The van der Waals surface area contributed by atoms with E-state index >= 15 is 0 Å². The van der Waals surface area contributed by atoms with Crippen molar-refractivity contribution in [2.45, 2.75) is 18.9 Å². The maximum absolute atomic E-state index is 10.6. The van der Waals surface area contributed by atoms with E-state index in [1.165, 1.54) is 0 Å². The lowest BCUT2D eigenvalue weighted by molar-refractivity contribution is -0.142. The van der Waals surface area contributed by atoms with Gasteiger partial charge in [-0.3, -0.25) is 4.79 Å². The highest BCUT2D eigenvalue weighted by atomic mass is 16.4. The lowest BCUT2D eigenvalue weighted by Gasteiger charge is -2.17. The average Bonchev–Trinajstić information content (AvgIpc) is 2.44. The standard InChI is InChI=1S/C7H11NO2/c9-7(10)5-1-4-2-6(5)8-3-4/h4-6,8H,1-3H2,(H,9,10). The molecule has 0 aromatic rings. The molecule has 2 fully saturated rings. The van der Waals surface area contributed by atoms with Crippen molar-refractivity contribution in [2.75, 3.05) is 6.54 Å². The number of hydrogen-bond acceptors (Lipinski definition) is 2. The van der Waals surface area contributed by atoms with Crippen LogP contribution in [0.5, 0.6) is 0 Å². The number of piperidine rings is 1. The molecule has 3 heteroatoms. The van der Waals surface area contributed by atoms with Gasteiger partial charge in [0.2, 0.25) is 0 Å². The van der Waals surface area contributed by atoms with E-state index < -0.39 is 5.97 Å². The second kappa shape index (κ2) is 1.95. The van der Waals surface area contributed by atoms with E-state index in [1.54, 1.807) is 0 Å². The molecule has 0 radical (unpaired) electrons. The Morgan fingerprint density at radius 2 is 2.30 bits per heavy atom. The smallest absolute Gasteiger partial charge is 0.308 e. The molecule has 1 heterocycles. The molecule has 0 aromatic carbocycles. The summed E-state index contributed by atoms with van der Waals surface area (Å²) in [5.74, 6) is -0.0791. The fourth-order valence-corrected chi connectivity index (χ4v) is 2.13. The number of hydrogen-bond donors (Lipinski definition) is 2. The topological polar surface area (TPSA) is 49.3 Å². The highest BCUT2D eigenvalue weighted by Crippen LogP contribution is 2.35. The van der Waals surface area contributed by atoms with Gasteiger partial charge in [-0.25, -0.2) is 0 Å². The van der Waals surface area contributed by atoms with Gasteiger partial charge in [-0.05, 0) is 25.3 Å². The maximum Gasteiger partial charge on any atom is 0.308 e. The molecule has 3 atom stereocenters.